The Morgan fingerprint density at radius 3 is 3.07 bits per heavy atom. The van der Waals surface area contributed by atoms with Crippen molar-refractivity contribution in [3.05, 3.63) is 35.4 Å². The van der Waals surface area contributed by atoms with Gasteiger partial charge in [0.25, 0.3) is 0 Å². The highest BCUT2D eigenvalue weighted by molar-refractivity contribution is 5.36. The molecule has 0 heterocycles. The summed E-state index contributed by atoms with van der Waals surface area (Å²) in [5.74, 6) is 3.12. The first-order chi connectivity index (χ1) is 6.83. The second-order valence-electron chi connectivity index (χ2n) is 3.92. The van der Waals surface area contributed by atoms with Gasteiger partial charge in [0.05, 0.1) is 0 Å². The Morgan fingerprint density at radius 1 is 1.50 bits per heavy atom. The lowest BCUT2D eigenvalue weighted by molar-refractivity contribution is 0.538. The fourth-order valence-electron chi connectivity index (χ4n) is 2.31. The summed E-state index contributed by atoms with van der Waals surface area (Å²) in [5, 5.41) is 0. The molecule has 0 spiro atoms. The van der Waals surface area contributed by atoms with Crippen molar-refractivity contribution >= 4 is 0 Å². The summed E-state index contributed by atoms with van der Waals surface area (Å²) in [4.78, 5) is 0. The second-order valence-corrected chi connectivity index (χ2v) is 3.92. The molecule has 1 aliphatic carbocycles. The van der Waals surface area contributed by atoms with Gasteiger partial charge in [-0.3, -0.25) is 0 Å². The summed E-state index contributed by atoms with van der Waals surface area (Å²) in [7, 11) is 0. The molecule has 0 saturated carbocycles. The minimum absolute atomic E-state index is 0.128. The molecule has 2 N–H and O–H groups in total. The molecule has 1 aromatic carbocycles. The molecule has 0 aliphatic heterocycles. The van der Waals surface area contributed by atoms with Gasteiger partial charge in [-0.1, -0.05) is 24.3 Å². The van der Waals surface area contributed by atoms with Crippen molar-refractivity contribution in [1.29, 1.82) is 0 Å². The van der Waals surface area contributed by atoms with E-state index in [0.29, 0.717) is 12.3 Å². The largest absolute Gasteiger partial charge is 0.326 e. The van der Waals surface area contributed by atoms with E-state index in [-0.39, 0.29) is 6.04 Å². The number of nitrogens with two attached hydrogens (primary N) is 1. The van der Waals surface area contributed by atoms with Crippen molar-refractivity contribution in [3.8, 4) is 12.3 Å². The van der Waals surface area contributed by atoms with E-state index in [4.69, 9.17) is 12.2 Å². The van der Waals surface area contributed by atoms with E-state index in [1.165, 1.54) is 11.1 Å². The zero-order valence-electron chi connectivity index (χ0n) is 8.24. The van der Waals surface area contributed by atoms with Crippen LogP contribution in [0, 0.1) is 12.3 Å². The number of hydrogen-bond donors (Lipinski definition) is 1. The Hall–Kier alpha value is -1.26. The Labute approximate surface area is 85.3 Å². The summed E-state index contributed by atoms with van der Waals surface area (Å²) in [6.07, 6.45) is 8.27. The average Bonchev–Trinajstić information content (AvgIpc) is 2.61. The Morgan fingerprint density at radius 2 is 2.29 bits per heavy atom. The van der Waals surface area contributed by atoms with Crippen LogP contribution in [0.2, 0.25) is 0 Å². The van der Waals surface area contributed by atoms with Crippen molar-refractivity contribution in [2.75, 3.05) is 0 Å². The van der Waals surface area contributed by atoms with Gasteiger partial charge < -0.3 is 5.73 Å². The fraction of sp³-hybridized carbons (Fsp3) is 0.385. The number of fused-ring (bicyclic) bond motifs is 1. The quantitative estimate of drug-likeness (QED) is 0.701. The number of benzene rings is 1. The third kappa shape index (κ3) is 1.54. The summed E-state index contributed by atoms with van der Waals surface area (Å²) in [6.45, 7) is 0. The summed E-state index contributed by atoms with van der Waals surface area (Å²) in [6, 6.07) is 8.68. The summed E-state index contributed by atoms with van der Waals surface area (Å²) >= 11 is 0. The molecule has 2 atom stereocenters. The molecular formula is C13H15N. The highest BCUT2D eigenvalue weighted by atomic mass is 14.7. The third-order valence-corrected chi connectivity index (χ3v) is 3.05. The number of hydrogen-bond acceptors (Lipinski definition) is 1. The molecule has 1 heteroatoms. The van der Waals surface area contributed by atoms with Crippen LogP contribution in [0.3, 0.4) is 0 Å². The zero-order chi connectivity index (χ0) is 9.97. The SMILES string of the molecule is C#CCC(N)C1CCc2ccccc21. The number of terminal acetylenes is 1. The van der Waals surface area contributed by atoms with Crippen LogP contribution in [-0.4, -0.2) is 6.04 Å². The average molecular weight is 185 g/mol. The molecule has 0 radical (unpaired) electrons. The minimum Gasteiger partial charge on any atom is -0.326 e. The molecular weight excluding hydrogens is 170 g/mol. The molecule has 0 amide bonds. The van der Waals surface area contributed by atoms with E-state index in [1.807, 2.05) is 0 Å². The van der Waals surface area contributed by atoms with Gasteiger partial charge in [-0.25, -0.2) is 0 Å². The molecule has 0 aromatic heterocycles. The van der Waals surface area contributed by atoms with E-state index in [9.17, 15) is 0 Å². The van der Waals surface area contributed by atoms with E-state index < -0.39 is 0 Å². The van der Waals surface area contributed by atoms with E-state index >= 15 is 0 Å². The minimum atomic E-state index is 0.128. The second kappa shape index (κ2) is 3.86. The molecule has 1 aliphatic rings. The Kier molecular flexibility index (Phi) is 2.56. The molecule has 1 aromatic rings. The highest BCUT2D eigenvalue weighted by Gasteiger charge is 2.26. The maximum absolute atomic E-state index is 6.06. The molecule has 0 saturated heterocycles. The van der Waals surface area contributed by atoms with Crippen LogP contribution in [0.1, 0.15) is 29.9 Å². The molecule has 2 rings (SSSR count). The van der Waals surface area contributed by atoms with Gasteiger partial charge >= 0.3 is 0 Å². The van der Waals surface area contributed by atoms with Crippen molar-refractivity contribution < 1.29 is 0 Å². The standard InChI is InChI=1S/C13H15N/c1-2-5-13(14)12-9-8-10-6-3-4-7-11(10)12/h1,3-4,6-7,12-13H,5,8-9,14H2. The Bertz CT molecular complexity index is 362. The van der Waals surface area contributed by atoms with Crippen LogP contribution in [0.5, 0.6) is 0 Å². The van der Waals surface area contributed by atoms with E-state index in [1.54, 1.807) is 0 Å². The van der Waals surface area contributed by atoms with Gasteiger partial charge in [-0.05, 0) is 24.0 Å². The predicted octanol–water partition coefficient (Wildman–Crippen LogP) is 2.07. The van der Waals surface area contributed by atoms with Crippen LogP contribution in [0.4, 0.5) is 0 Å². The maximum Gasteiger partial charge on any atom is 0.0244 e. The van der Waals surface area contributed by atoms with Gasteiger partial charge in [0.1, 0.15) is 0 Å². The molecule has 0 bridgehead atoms. The van der Waals surface area contributed by atoms with Gasteiger partial charge in [0.15, 0.2) is 0 Å². The van der Waals surface area contributed by atoms with Gasteiger partial charge in [0.2, 0.25) is 0 Å². The van der Waals surface area contributed by atoms with Crippen LogP contribution < -0.4 is 5.73 Å². The normalized spacial score (nSPS) is 21.3. The zero-order valence-corrected chi connectivity index (χ0v) is 8.24. The van der Waals surface area contributed by atoms with Crippen LogP contribution in [0.25, 0.3) is 0 Å². The first-order valence-electron chi connectivity index (χ1n) is 5.09. The topological polar surface area (TPSA) is 26.0 Å². The van der Waals surface area contributed by atoms with Crippen LogP contribution >= 0.6 is 0 Å². The van der Waals surface area contributed by atoms with E-state index in [0.717, 1.165) is 12.8 Å². The van der Waals surface area contributed by atoms with Crippen molar-refractivity contribution in [3.63, 3.8) is 0 Å². The maximum atomic E-state index is 6.06. The predicted molar refractivity (Wildman–Crippen MR) is 58.9 cm³/mol. The lowest BCUT2D eigenvalue weighted by Gasteiger charge is -2.17. The lowest BCUT2D eigenvalue weighted by atomic mass is 9.92. The van der Waals surface area contributed by atoms with Crippen molar-refractivity contribution in [1.82, 2.24) is 0 Å². The van der Waals surface area contributed by atoms with E-state index in [2.05, 4.69) is 30.2 Å². The third-order valence-electron chi connectivity index (χ3n) is 3.05. The van der Waals surface area contributed by atoms with Crippen LogP contribution in [0.15, 0.2) is 24.3 Å². The summed E-state index contributed by atoms with van der Waals surface area (Å²) in [5.41, 5.74) is 8.92. The fourth-order valence-corrected chi connectivity index (χ4v) is 2.31. The molecule has 2 unspecified atom stereocenters. The van der Waals surface area contributed by atoms with Gasteiger partial charge in [-0.2, -0.15) is 0 Å². The highest BCUT2D eigenvalue weighted by Crippen LogP contribution is 2.35. The monoisotopic (exact) mass is 185 g/mol. The first-order valence-corrected chi connectivity index (χ1v) is 5.09. The number of aryl methyl sites for hydroxylation is 1. The van der Waals surface area contributed by atoms with Gasteiger partial charge in [0, 0.05) is 18.4 Å². The number of rotatable bonds is 2. The molecule has 1 nitrogen and oxygen atoms in total. The van der Waals surface area contributed by atoms with Crippen LogP contribution in [-0.2, 0) is 6.42 Å². The van der Waals surface area contributed by atoms with Gasteiger partial charge in [-0.15, -0.1) is 12.3 Å². The molecule has 0 fully saturated rings. The van der Waals surface area contributed by atoms with Crippen molar-refractivity contribution in [2.24, 2.45) is 5.73 Å². The smallest absolute Gasteiger partial charge is 0.0244 e. The Balaban J connectivity index is 2.22. The summed E-state index contributed by atoms with van der Waals surface area (Å²) < 4.78 is 0. The first kappa shape index (κ1) is 9.30. The molecule has 72 valence electrons. The molecule has 14 heavy (non-hydrogen) atoms. The van der Waals surface area contributed by atoms with Crippen molar-refractivity contribution in [2.45, 2.75) is 31.2 Å². The lowest BCUT2D eigenvalue weighted by Crippen LogP contribution is -2.26.